The Morgan fingerprint density at radius 1 is 1.07 bits per heavy atom. The van der Waals surface area contributed by atoms with Crippen LogP contribution in [0.25, 0.3) is 0 Å². The van der Waals surface area contributed by atoms with E-state index < -0.39 is 11.9 Å². The maximum atomic E-state index is 13.1. The normalized spacial score (nSPS) is 31.8. The van der Waals surface area contributed by atoms with E-state index in [1.54, 1.807) is 12.1 Å². The zero-order chi connectivity index (χ0) is 20.2. The molecular formula is C22H27ClN2O3. The molecule has 1 saturated heterocycles. The smallest absolute Gasteiger partial charge is 0.274 e. The summed E-state index contributed by atoms with van der Waals surface area (Å²) in [6, 6.07) is 6.84. The van der Waals surface area contributed by atoms with Crippen molar-refractivity contribution < 1.29 is 14.4 Å². The summed E-state index contributed by atoms with van der Waals surface area (Å²) in [5.41, 5.74) is 1.28. The molecule has 1 aromatic carbocycles. The van der Waals surface area contributed by atoms with Crippen LogP contribution in [0.2, 0.25) is 5.02 Å². The summed E-state index contributed by atoms with van der Waals surface area (Å²) in [6.45, 7) is 7.02. The fourth-order valence-corrected chi connectivity index (χ4v) is 5.68. The number of carbonyl (C=O) groups excluding carboxylic acids is 3. The first-order chi connectivity index (χ1) is 13.2. The molecule has 1 aromatic rings. The molecule has 0 spiro atoms. The van der Waals surface area contributed by atoms with Gasteiger partial charge < -0.3 is 0 Å². The Hall–Kier alpha value is -1.88. The second-order valence-electron chi connectivity index (χ2n) is 9.17. The van der Waals surface area contributed by atoms with Crippen LogP contribution in [0.5, 0.6) is 0 Å². The second kappa shape index (κ2) is 6.87. The number of urea groups is 1. The minimum Gasteiger partial charge on any atom is -0.274 e. The van der Waals surface area contributed by atoms with Gasteiger partial charge in [-0.3, -0.25) is 19.4 Å². The van der Waals surface area contributed by atoms with Gasteiger partial charge in [-0.25, -0.2) is 4.79 Å². The van der Waals surface area contributed by atoms with Crippen LogP contribution >= 0.6 is 11.6 Å². The Balaban J connectivity index is 1.49. The van der Waals surface area contributed by atoms with Gasteiger partial charge in [0.2, 0.25) is 11.8 Å². The highest BCUT2D eigenvalue weighted by molar-refractivity contribution is 6.30. The maximum absolute atomic E-state index is 13.1. The number of barbiturate groups is 1. The molecular weight excluding hydrogens is 376 g/mol. The third-order valence-corrected chi connectivity index (χ3v) is 7.74. The lowest BCUT2D eigenvalue weighted by molar-refractivity contribution is -0.159. The fraction of sp³-hybridized carbons (Fsp3) is 0.591. The van der Waals surface area contributed by atoms with Crippen molar-refractivity contribution in [3.63, 3.8) is 0 Å². The van der Waals surface area contributed by atoms with E-state index in [9.17, 15) is 14.4 Å². The van der Waals surface area contributed by atoms with Crippen LogP contribution in [0.3, 0.4) is 0 Å². The fourth-order valence-electron chi connectivity index (χ4n) is 5.56. The van der Waals surface area contributed by atoms with Crippen molar-refractivity contribution >= 4 is 29.4 Å². The van der Waals surface area contributed by atoms with Gasteiger partial charge in [-0.05, 0) is 60.1 Å². The van der Waals surface area contributed by atoms with Crippen LogP contribution in [0.15, 0.2) is 24.3 Å². The average molecular weight is 403 g/mol. The second-order valence-corrected chi connectivity index (χ2v) is 9.60. The van der Waals surface area contributed by atoms with Crippen LogP contribution in [-0.2, 0) is 16.0 Å². The molecule has 4 amide bonds. The number of fused-ring (bicyclic) bond motifs is 2. The largest absolute Gasteiger partial charge is 0.333 e. The molecule has 5 nitrogen and oxygen atoms in total. The number of carbonyl (C=O) groups is 3. The Morgan fingerprint density at radius 3 is 2.36 bits per heavy atom. The van der Waals surface area contributed by atoms with Crippen molar-refractivity contribution in [1.82, 2.24) is 9.80 Å². The third-order valence-electron chi connectivity index (χ3n) is 7.49. The van der Waals surface area contributed by atoms with Crippen LogP contribution in [-0.4, -0.2) is 40.2 Å². The molecule has 2 bridgehead atoms. The van der Waals surface area contributed by atoms with Crippen molar-refractivity contribution in [2.24, 2.45) is 23.2 Å². The van der Waals surface area contributed by atoms with Crippen LogP contribution in [0.4, 0.5) is 4.79 Å². The number of hydrogen-bond acceptors (Lipinski definition) is 3. The topological polar surface area (TPSA) is 57.7 Å². The highest BCUT2D eigenvalue weighted by atomic mass is 35.5. The maximum Gasteiger partial charge on any atom is 0.333 e. The number of imide groups is 2. The quantitative estimate of drug-likeness (QED) is 0.711. The van der Waals surface area contributed by atoms with E-state index in [1.165, 1.54) is 16.2 Å². The molecule has 28 heavy (non-hydrogen) atoms. The van der Waals surface area contributed by atoms with Crippen LogP contribution in [0.1, 0.15) is 45.6 Å². The van der Waals surface area contributed by atoms with Gasteiger partial charge in [0.05, 0.1) is 0 Å². The number of amides is 4. The zero-order valence-corrected chi connectivity index (χ0v) is 17.4. The van der Waals surface area contributed by atoms with Gasteiger partial charge in [0.1, 0.15) is 6.42 Å². The minimum atomic E-state index is -0.439. The van der Waals surface area contributed by atoms with Gasteiger partial charge in [-0.1, -0.05) is 44.5 Å². The summed E-state index contributed by atoms with van der Waals surface area (Å²) in [7, 11) is 0. The van der Waals surface area contributed by atoms with Gasteiger partial charge in [0, 0.05) is 17.6 Å². The Morgan fingerprint density at radius 2 is 1.75 bits per heavy atom. The van der Waals surface area contributed by atoms with E-state index in [-0.39, 0.29) is 36.2 Å². The van der Waals surface area contributed by atoms with E-state index in [0.717, 1.165) is 12.0 Å². The summed E-state index contributed by atoms with van der Waals surface area (Å²) in [6.07, 6.45) is 2.37. The lowest BCUT2D eigenvalue weighted by Gasteiger charge is -2.63. The van der Waals surface area contributed by atoms with Gasteiger partial charge in [-0.15, -0.1) is 0 Å². The molecule has 1 aliphatic heterocycles. The molecule has 0 aromatic heterocycles. The molecule has 3 aliphatic carbocycles. The van der Waals surface area contributed by atoms with Crippen molar-refractivity contribution in [1.29, 1.82) is 0 Å². The highest BCUT2D eigenvalue weighted by Gasteiger charge is 2.59. The molecule has 1 heterocycles. The van der Waals surface area contributed by atoms with Gasteiger partial charge in [-0.2, -0.15) is 0 Å². The number of rotatable bonds is 4. The van der Waals surface area contributed by atoms with Crippen molar-refractivity contribution in [3.05, 3.63) is 34.9 Å². The van der Waals surface area contributed by atoms with E-state index in [1.807, 2.05) is 12.1 Å². The first-order valence-corrected chi connectivity index (χ1v) is 10.5. The van der Waals surface area contributed by atoms with Crippen LogP contribution in [0, 0.1) is 23.2 Å². The van der Waals surface area contributed by atoms with E-state index in [4.69, 9.17) is 11.6 Å². The molecule has 150 valence electrons. The lowest BCUT2D eigenvalue weighted by atomic mass is 9.44. The van der Waals surface area contributed by atoms with E-state index in [2.05, 4.69) is 20.8 Å². The molecule has 4 aliphatic rings. The number of nitrogens with zero attached hydrogens (tertiary/aromatic N) is 2. The number of halogens is 1. The first-order valence-electron chi connectivity index (χ1n) is 10.1. The zero-order valence-electron chi connectivity index (χ0n) is 16.7. The third kappa shape index (κ3) is 3.04. The standard InChI is InChI=1S/C22H27ClN2O3/c1-13-17-10-15(22(17,2)3)11-18(13)25-20(27)12-19(26)24(21(25)28)9-8-14-4-6-16(23)7-5-14/h4-7,13,15,17-18H,8-12H2,1-3H3/t13-,15+,17-,18-/m1/s1. The molecule has 5 rings (SSSR count). The van der Waals surface area contributed by atoms with E-state index >= 15 is 0 Å². The molecule has 0 radical (unpaired) electrons. The number of hydrogen-bond donors (Lipinski definition) is 0. The van der Waals surface area contributed by atoms with Crippen molar-refractivity contribution in [2.45, 2.75) is 52.5 Å². The van der Waals surface area contributed by atoms with Gasteiger partial charge in [0.15, 0.2) is 0 Å². The first kappa shape index (κ1) is 19.4. The lowest BCUT2D eigenvalue weighted by Crippen LogP contribution is -2.66. The highest BCUT2D eigenvalue weighted by Crippen LogP contribution is 2.62. The van der Waals surface area contributed by atoms with Crippen LogP contribution < -0.4 is 0 Å². The van der Waals surface area contributed by atoms with Gasteiger partial charge in [0.25, 0.3) is 0 Å². The summed E-state index contributed by atoms with van der Waals surface area (Å²) in [4.78, 5) is 40.9. The Labute approximate surface area is 171 Å². The molecule has 4 fully saturated rings. The summed E-state index contributed by atoms with van der Waals surface area (Å²) in [5.74, 6) is 0.596. The van der Waals surface area contributed by atoms with E-state index in [0.29, 0.717) is 23.3 Å². The Kier molecular flexibility index (Phi) is 4.77. The van der Waals surface area contributed by atoms with Crippen molar-refractivity contribution in [2.75, 3.05) is 6.54 Å². The molecule has 3 saturated carbocycles. The monoisotopic (exact) mass is 402 g/mol. The van der Waals surface area contributed by atoms with Crippen molar-refractivity contribution in [3.8, 4) is 0 Å². The predicted molar refractivity (Wildman–Crippen MR) is 107 cm³/mol. The predicted octanol–water partition coefficient (Wildman–Crippen LogP) is 4.13. The molecule has 0 N–H and O–H groups in total. The van der Waals surface area contributed by atoms with Gasteiger partial charge >= 0.3 is 6.03 Å². The summed E-state index contributed by atoms with van der Waals surface area (Å²) < 4.78 is 0. The minimum absolute atomic E-state index is 0.0945. The number of benzene rings is 1. The molecule has 0 unspecified atom stereocenters. The average Bonchev–Trinajstić information content (AvgIpc) is 2.63. The Bertz CT molecular complexity index is 820. The molecule has 6 heteroatoms. The summed E-state index contributed by atoms with van der Waals surface area (Å²) >= 11 is 5.91. The molecule has 4 atom stereocenters. The SMILES string of the molecule is C[C@H]1[C@H](N2C(=O)CC(=O)N(CCc3ccc(Cl)cc3)C2=O)C[C@@H]2C[C@H]1C2(C)C. The summed E-state index contributed by atoms with van der Waals surface area (Å²) in [5, 5.41) is 0.651.